The molecule has 1 fully saturated rings. The molecule has 1 aliphatic carbocycles. The number of carbonyl (C=O) groups excluding carboxylic acids is 3. The van der Waals surface area contributed by atoms with Gasteiger partial charge in [0.25, 0.3) is 0 Å². The van der Waals surface area contributed by atoms with Crippen molar-refractivity contribution in [3.63, 3.8) is 0 Å². The molecular weight excluding hydrogens is 518 g/mol. The fraction of sp³-hybridized carbons (Fsp3) is 0.250. The average molecular weight is 552 g/mol. The summed E-state index contributed by atoms with van der Waals surface area (Å²) in [6.45, 7) is 8.96. The van der Waals surface area contributed by atoms with E-state index in [4.69, 9.17) is 4.74 Å². The summed E-state index contributed by atoms with van der Waals surface area (Å²) < 4.78 is 5.97. The number of aromatic nitrogens is 1. The highest BCUT2D eigenvalue weighted by atomic mass is 16.5. The van der Waals surface area contributed by atoms with E-state index in [0.29, 0.717) is 46.1 Å². The van der Waals surface area contributed by atoms with Crippen LogP contribution in [0.3, 0.4) is 0 Å². The van der Waals surface area contributed by atoms with Crippen LogP contribution < -0.4 is 25.6 Å². The van der Waals surface area contributed by atoms with Crippen molar-refractivity contribution in [3.8, 4) is 11.5 Å². The van der Waals surface area contributed by atoms with Crippen molar-refractivity contribution in [2.24, 2.45) is 0 Å². The van der Waals surface area contributed by atoms with Gasteiger partial charge < -0.3 is 20.7 Å². The Morgan fingerprint density at radius 3 is 2.46 bits per heavy atom. The van der Waals surface area contributed by atoms with E-state index in [1.807, 2.05) is 62.4 Å². The zero-order valence-corrected chi connectivity index (χ0v) is 23.4. The number of urea groups is 1. The van der Waals surface area contributed by atoms with Crippen LogP contribution in [0.1, 0.15) is 43.0 Å². The Morgan fingerprint density at radius 2 is 1.76 bits per heavy atom. The van der Waals surface area contributed by atoms with Crippen molar-refractivity contribution in [1.82, 2.24) is 20.9 Å². The van der Waals surface area contributed by atoms with Gasteiger partial charge in [-0.3, -0.25) is 19.5 Å². The molecule has 2 aliphatic rings. The van der Waals surface area contributed by atoms with Crippen LogP contribution in [0.2, 0.25) is 0 Å². The maximum atomic E-state index is 13.6. The molecule has 2 aromatic carbocycles. The largest absolute Gasteiger partial charge is 0.457 e. The van der Waals surface area contributed by atoms with Crippen molar-refractivity contribution in [2.45, 2.75) is 52.1 Å². The number of pyridine rings is 1. The third-order valence-electron chi connectivity index (χ3n) is 7.45. The van der Waals surface area contributed by atoms with Crippen molar-refractivity contribution in [2.75, 3.05) is 4.90 Å². The van der Waals surface area contributed by atoms with Crippen molar-refractivity contribution < 1.29 is 19.1 Å². The van der Waals surface area contributed by atoms with E-state index in [1.54, 1.807) is 24.1 Å². The predicted octanol–water partition coefficient (Wildman–Crippen LogP) is 5.42. The Kier molecular flexibility index (Phi) is 7.87. The first kappa shape index (κ1) is 27.6. The van der Waals surface area contributed by atoms with Gasteiger partial charge in [0.1, 0.15) is 11.5 Å². The van der Waals surface area contributed by atoms with E-state index >= 15 is 0 Å². The van der Waals surface area contributed by atoms with Gasteiger partial charge in [-0.05, 0) is 88.1 Å². The lowest BCUT2D eigenvalue weighted by atomic mass is 9.99. The molecule has 0 radical (unpaired) electrons. The topological polar surface area (TPSA) is 113 Å². The lowest BCUT2D eigenvalue weighted by Gasteiger charge is -2.33. The molecule has 4 amide bonds. The number of anilines is 2. The molecule has 1 aromatic heterocycles. The minimum Gasteiger partial charge on any atom is -0.457 e. The number of hydrogen-bond acceptors (Lipinski definition) is 5. The van der Waals surface area contributed by atoms with Gasteiger partial charge >= 0.3 is 6.03 Å². The average Bonchev–Trinajstić information content (AvgIpc) is 3.39. The van der Waals surface area contributed by atoms with Gasteiger partial charge in [-0.1, -0.05) is 24.8 Å². The molecule has 1 saturated carbocycles. The second kappa shape index (κ2) is 11.7. The van der Waals surface area contributed by atoms with Gasteiger partial charge in [-0.25, -0.2) is 4.79 Å². The zero-order chi connectivity index (χ0) is 29.1. The molecule has 2 unspecified atom stereocenters. The summed E-state index contributed by atoms with van der Waals surface area (Å²) >= 11 is 0. The lowest BCUT2D eigenvalue weighted by molar-refractivity contribution is -0.118. The molecule has 2 atom stereocenters. The number of rotatable bonds is 7. The number of carbonyl (C=O) groups is 3. The SMILES string of the molecule is C=CC(=O)NC1CCC(NC(=O)/C(C)=C2\NC(=O)N(c3ccc(Oc4ccccc4)cc3C)c3ccnc(C)c32)C1. The molecule has 3 aromatic rings. The summed E-state index contributed by atoms with van der Waals surface area (Å²) in [6, 6.07) is 16.4. The van der Waals surface area contributed by atoms with E-state index < -0.39 is 0 Å². The van der Waals surface area contributed by atoms with Crippen molar-refractivity contribution >= 4 is 34.9 Å². The maximum absolute atomic E-state index is 13.6. The number of amides is 4. The van der Waals surface area contributed by atoms with Gasteiger partial charge in [0.15, 0.2) is 0 Å². The number of nitrogens with one attached hydrogen (secondary N) is 3. The number of benzene rings is 2. The Balaban J connectivity index is 1.41. The number of fused-ring (bicyclic) bond motifs is 1. The quantitative estimate of drug-likeness (QED) is 0.339. The van der Waals surface area contributed by atoms with Gasteiger partial charge in [0.2, 0.25) is 11.8 Å². The maximum Gasteiger partial charge on any atom is 0.331 e. The number of hydrogen-bond donors (Lipinski definition) is 3. The summed E-state index contributed by atoms with van der Waals surface area (Å²) in [4.78, 5) is 44.6. The molecule has 9 nitrogen and oxygen atoms in total. The molecule has 0 bridgehead atoms. The Hall–Kier alpha value is -4.92. The fourth-order valence-corrected chi connectivity index (χ4v) is 5.38. The van der Waals surface area contributed by atoms with E-state index in [9.17, 15) is 14.4 Å². The van der Waals surface area contributed by atoms with E-state index in [-0.39, 0.29) is 29.9 Å². The first-order chi connectivity index (χ1) is 19.7. The van der Waals surface area contributed by atoms with E-state index in [0.717, 1.165) is 24.2 Å². The molecule has 0 spiro atoms. The zero-order valence-electron chi connectivity index (χ0n) is 23.4. The molecular formula is C32H33N5O4. The second-order valence-electron chi connectivity index (χ2n) is 10.3. The first-order valence-corrected chi connectivity index (χ1v) is 13.6. The number of aryl methyl sites for hydroxylation is 2. The molecule has 9 heteroatoms. The lowest BCUT2D eigenvalue weighted by Crippen LogP contribution is -2.43. The predicted molar refractivity (Wildman–Crippen MR) is 158 cm³/mol. The van der Waals surface area contributed by atoms with Crippen LogP contribution in [0.25, 0.3) is 5.70 Å². The third kappa shape index (κ3) is 5.84. The minimum absolute atomic E-state index is 0.0124. The molecule has 41 heavy (non-hydrogen) atoms. The van der Waals surface area contributed by atoms with Gasteiger partial charge in [0, 0.05) is 35.1 Å². The molecule has 1 aliphatic heterocycles. The van der Waals surface area contributed by atoms with Gasteiger partial charge in [-0.2, -0.15) is 0 Å². The second-order valence-corrected chi connectivity index (χ2v) is 10.3. The monoisotopic (exact) mass is 551 g/mol. The summed E-state index contributed by atoms with van der Waals surface area (Å²) in [5.74, 6) is 0.887. The van der Waals surface area contributed by atoms with Crippen LogP contribution in [0.15, 0.2) is 79.0 Å². The van der Waals surface area contributed by atoms with Crippen LogP contribution in [0, 0.1) is 13.8 Å². The normalized spacial score (nSPS) is 19.1. The first-order valence-electron chi connectivity index (χ1n) is 13.6. The van der Waals surface area contributed by atoms with Crippen LogP contribution >= 0.6 is 0 Å². The molecule has 210 valence electrons. The fourth-order valence-electron chi connectivity index (χ4n) is 5.38. The molecule has 5 rings (SSSR count). The molecule has 3 N–H and O–H groups in total. The summed E-state index contributed by atoms with van der Waals surface area (Å²) in [5.41, 5.74) is 4.36. The number of ether oxygens (including phenoxy) is 1. The Labute approximate surface area is 239 Å². The number of para-hydroxylation sites is 1. The number of nitrogens with zero attached hydrogens (tertiary/aromatic N) is 2. The van der Waals surface area contributed by atoms with Crippen LogP contribution in [0.4, 0.5) is 16.2 Å². The Morgan fingerprint density at radius 1 is 1.02 bits per heavy atom. The Bertz CT molecular complexity index is 1550. The molecule has 0 saturated heterocycles. The van der Waals surface area contributed by atoms with E-state index in [1.165, 1.54) is 6.08 Å². The summed E-state index contributed by atoms with van der Waals surface area (Å²) in [6.07, 6.45) is 5.06. The third-order valence-corrected chi connectivity index (χ3v) is 7.45. The minimum atomic E-state index is -0.377. The highest BCUT2D eigenvalue weighted by Crippen LogP contribution is 2.40. The highest BCUT2D eigenvalue weighted by molar-refractivity contribution is 6.14. The van der Waals surface area contributed by atoms with E-state index in [2.05, 4.69) is 27.5 Å². The smallest absolute Gasteiger partial charge is 0.331 e. The standard InChI is InChI=1S/C32H33N5O4/c1-5-28(38)34-22-11-12-23(18-22)35-31(39)20(3)30-29-21(4)33-16-15-27(29)37(32(40)36-30)26-14-13-25(17-19(26)2)41-24-9-7-6-8-10-24/h5-10,13-17,22-23H,1,11-12,18H2,2-4H3,(H,34,38)(H,35,39)(H,36,40)/b30-20-. The van der Waals surface area contributed by atoms with Crippen LogP contribution in [0.5, 0.6) is 11.5 Å². The molecule has 2 heterocycles. The summed E-state index contributed by atoms with van der Waals surface area (Å²) in [5, 5.41) is 8.92. The summed E-state index contributed by atoms with van der Waals surface area (Å²) in [7, 11) is 0. The van der Waals surface area contributed by atoms with Crippen molar-refractivity contribution in [1.29, 1.82) is 0 Å². The van der Waals surface area contributed by atoms with Crippen LogP contribution in [-0.4, -0.2) is 34.9 Å². The van der Waals surface area contributed by atoms with Gasteiger partial charge in [0.05, 0.1) is 17.1 Å². The van der Waals surface area contributed by atoms with Crippen molar-refractivity contribution in [3.05, 3.63) is 95.8 Å². The van der Waals surface area contributed by atoms with Crippen LogP contribution in [-0.2, 0) is 9.59 Å². The highest BCUT2D eigenvalue weighted by Gasteiger charge is 2.34. The van der Waals surface area contributed by atoms with Gasteiger partial charge in [-0.15, -0.1) is 0 Å².